The zero-order chi connectivity index (χ0) is 32.3. The molecular weight excluding hydrogens is 615 g/mol. The molecule has 0 saturated carbocycles. The van der Waals surface area contributed by atoms with Crippen LogP contribution in [0.15, 0.2) is 42.5 Å². The summed E-state index contributed by atoms with van der Waals surface area (Å²) in [6.45, 7) is 10.6. The van der Waals surface area contributed by atoms with Gasteiger partial charge in [0.15, 0.2) is 0 Å². The van der Waals surface area contributed by atoms with Crippen molar-refractivity contribution in [2.24, 2.45) is 5.92 Å². The Morgan fingerprint density at radius 3 is 2.13 bits per heavy atom. The van der Waals surface area contributed by atoms with Crippen molar-refractivity contribution in [3.05, 3.63) is 63.6 Å². The number of anilines is 1. The molecular formula is C34H44Cl2N4O5. The second-order valence-electron chi connectivity index (χ2n) is 13.2. The monoisotopic (exact) mass is 658 g/mol. The van der Waals surface area contributed by atoms with Gasteiger partial charge in [-0.15, -0.1) is 0 Å². The summed E-state index contributed by atoms with van der Waals surface area (Å²) >= 11 is 12.7. The van der Waals surface area contributed by atoms with Crippen molar-refractivity contribution >= 4 is 46.8 Å². The highest BCUT2D eigenvalue weighted by molar-refractivity contribution is 6.42. The largest absolute Gasteiger partial charge is 0.444 e. The molecule has 3 fully saturated rings. The first kappa shape index (κ1) is 33.4. The van der Waals surface area contributed by atoms with Gasteiger partial charge in [-0.25, -0.2) is 4.79 Å². The predicted octanol–water partition coefficient (Wildman–Crippen LogP) is 5.93. The molecule has 0 radical (unpaired) electrons. The topological polar surface area (TPSA) is 82.6 Å². The lowest BCUT2D eigenvalue weighted by molar-refractivity contribution is -0.139. The maximum absolute atomic E-state index is 13.8. The van der Waals surface area contributed by atoms with Crippen molar-refractivity contribution in [1.82, 2.24) is 14.7 Å². The van der Waals surface area contributed by atoms with E-state index in [1.807, 2.05) is 74.0 Å². The van der Waals surface area contributed by atoms with Crippen LogP contribution < -0.4 is 4.90 Å². The molecule has 11 heteroatoms. The van der Waals surface area contributed by atoms with E-state index in [4.69, 9.17) is 32.7 Å². The molecule has 3 saturated heterocycles. The molecule has 3 aliphatic heterocycles. The smallest absolute Gasteiger partial charge is 0.410 e. The summed E-state index contributed by atoms with van der Waals surface area (Å²) in [5.41, 5.74) is 2.08. The highest BCUT2D eigenvalue weighted by Crippen LogP contribution is 2.36. The van der Waals surface area contributed by atoms with Crippen molar-refractivity contribution in [2.45, 2.75) is 57.6 Å². The zero-order valence-corrected chi connectivity index (χ0v) is 28.1. The van der Waals surface area contributed by atoms with Gasteiger partial charge in [-0.3, -0.25) is 9.59 Å². The summed E-state index contributed by atoms with van der Waals surface area (Å²) in [4.78, 5) is 47.8. The summed E-state index contributed by atoms with van der Waals surface area (Å²) in [7, 11) is 1.84. The second-order valence-corrected chi connectivity index (χ2v) is 14.0. The molecule has 2 atom stereocenters. The van der Waals surface area contributed by atoms with Crippen LogP contribution in [0.4, 0.5) is 10.5 Å². The fourth-order valence-corrected chi connectivity index (χ4v) is 6.86. The standard InChI is InChI=1S/C34H44Cl2N4O5/c1-34(2,3)45-33(43)39-14-11-24(12-15-39)32(42)40-16-13-30(27(22-40)25-7-10-28(35)29(36)21-25)37(4)31(41)23-5-8-26(9-6-23)38-17-19-44-20-18-38/h5-10,21,24,27,30H,11-20,22H2,1-4H3/t27-,30+/m0/s1. The first-order chi connectivity index (χ1) is 21.4. The third kappa shape index (κ3) is 8.05. The number of carbonyl (C=O) groups excluding carboxylic acids is 3. The molecule has 0 aliphatic carbocycles. The molecule has 3 heterocycles. The van der Waals surface area contributed by atoms with E-state index in [0.29, 0.717) is 74.3 Å². The number of ether oxygens (including phenoxy) is 2. The van der Waals surface area contributed by atoms with Gasteiger partial charge in [-0.1, -0.05) is 29.3 Å². The quantitative estimate of drug-likeness (QED) is 0.396. The Hall–Kier alpha value is -3.01. The van der Waals surface area contributed by atoms with Gasteiger partial charge < -0.3 is 29.1 Å². The molecule has 0 spiro atoms. The molecule has 45 heavy (non-hydrogen) atoms. The Kier molecular flexibility index (Phi) is 10.5. The summed E-state index contributed by atoms with van der Waals surface area (Å²) in [6, 6.07) is 13.2. The second kappa shape index (κ2) is 14.2. The fourth-order valence-electron chi connectivity index (χ4n) is 6.56. The molecule has 0 unspecified atom stereocenters. The first-order valence-corrected chi connectivity index (χ1v) is 16.6. The summed E-state index contributed by atoms with van der Waals surface area (Å²) < 4.78 is 11.0. The van der Waals surface area contributed by atoms with E-state index >= 15 is 0 Å². The summed E-state index contributed by atoms with van der Waals surface area (Å²) in [5.74, 6) is -0.289. The number of likely N-dealkylation sites (tertiary alicyclic amines) is 2. The number of hydrogen-bond acceptors (Lipinski definition) is 6. The van der Waals surface area contributed by atoms with Gasteiger partial charge in [0.05, 0.1) is 23.3 Å². The molecule has 0 N–H and O–H groups in total. The van der Waals surface area contributed by atoms with Crippen molar-refractivity contribution < 1.29 is 23.9 Å². The third-order valence-corrected chi connectivity index (χ3v) is 9.80. The number of benzene rings is 2. The highest BCUT2D eigenvalue weighted by atomic mass is 35.5. The molecule has 0 bridgehead atoms. The fraction of sp³-hybridized carbons (Fsp3) is 0.559. The lowest BCUT2D eigenvalue weighted by atomic mass is 9.83. The van der Waals surface area contributed by atoms with Gasteiger partial charge in [0.1, 0.15) is 5.60 Å². The van der Waals surface area contributed by atoms with Gasteiger partial charge in [-0.05, 0) is 82.0 Å². The average Bonchev–Trinajstić information content (AvgIpc) is 3.04. The number of amides is 3. The Morgan fingerprint density at radius 2 is 1.51 bits per heavy atom. The van der Waals surface area contributed by atoms with Crippen LogP contribution in [0, 0.1) is 5.92 Å². The molecule has 3 amide bonds. The van der Waals surface area contributed by atoms with Gasteiger partial charge in [0.25, 0.3) is 5.91 Å². The highest BCUT2D eigenvalue weighted by Gasteiger charge is 2.39. The van der Waals surface area contributed by atoms with Gasteiger partial charge >= 0.3 is 6.09 Å². The van der Waals surface area contributed by atoms with Crippen LogP contribution >= 0.6 is 23.2 Å². The number of halogens is 2. The van der Waals surface area contributed by atoms with E-state index < -0.39 is 5.60 Å². The molecule has 0 aromatic heterocycles. The molecule has 3 aliphatic rings. The lowest BCUT2D eigenvalue weighted by Crippen LogP contribution is -2.53. The number of carbonyl (C=O) groups is 3. The van der Waals surface area contributed by atoms with Crippen LogP contribution in [0.2, 0.25) is 10.0 Å². The summed E-state index contributed by atoms with van der Waals surface area (Å²) in [5, 5.41) is 0.904. The molecule has 5 rings (SSSR count). The molecule has 2 aromatic carbocycles. The Labute approximate surface area is 276 Å². The van der Waals surface area contributed by atoms with Crippen molar-refractivity contribution in [3.63, 3.8) is 0 Å². The van der Waals surface area contributed by atoms with Crippen molar-refractivity contribution in [1.29, 1.82) is 0 Å². The summed E-state index contributed by atoms with van der Waals surface area (Å²) in [6.07, 6.45) is 1.47. The maximum Gasteiger partial charge on any atom is 0.410 e. The van der Waals surface area contributed by atoms with Crippen molar-refractivity contribution in [3.8, 4) is 0 Å². The Bertz CT molecular complexity index is 1370. The van der Waals surface area contributed by atoms with Crippen LogP contribution in [0.25, 0.3) is 0 Å². The minimum Gasteiger partial charge on any atom is -0.444 e. The van der Waals surface area contributed by atoms with Gasteiger partial charge in [-0.2, -0.15) is 0 Å². The van der Waals surface area contributed by atoms with Crippen LogP contribution in [0.1, 0.15) is 61.9 Å². The van der Waals surface area contributed by atoms with E-state index in [-0.39, 0.29) is 35.8 Å². The predicted molar refractivity (Wildman–Crippen MR) is 176 cm³/mol. The van der Waals surface area contributed by atoms with Crippen LogP contribution in [0.5, 0.6) is 0 Å². The Morgan fingerprint density at radius 1 is 0.867 bits per heavy atom. The minimum absolute atomic E-state index is 0.0621. The SMILES string of the molecule is CN(C(=O)c1ccc(N2CCOCC2)cc1)[C@@H]1CCN(C(=O)C2CCN(C(=O)OC(C)(C)C)CC2)C[C@H]1c1ccc(Cl)c(Cl)c1. The van der Waals surface area contributed by atoms with E-state index in [9.17, 15) is 14.4 Å². The number of rotatable bonds is 5. The number of hydrogen-bond donors (Lipinski definition) is 0. The first-order valence-electron chi connectivity index (χ1n) is 15.8. The van der Waals surface area contributed by atoms with Crippen LogP contribution in [-0.4, -0.2) is 104 Å². The number of likely N-dealkylation sites (N-methyl/N-ethyl adjacent to an activating group) is 1. The minimum atomic E-state index is -0.561. The zero-order valence-electron chi connectivity index (χ0n) is 26.6. The number of morpholine rings is 1. The lowest BCUT2D eigenvalue weighted by Gasteiger charge is -2.44. The van der Waals surface area contributed by atoms with Crippen LogP contribution in [0.3, 0.4) is 0 Å². The van der Waals surface area contributed by atoms with Crippen molar-refractivity contribution in [2.75, 3.05) is 64.4 Å². The molecule has 2 aromatic rings. The number of piperidine rings is 2. The maximum atomic E-state index is 13.8. The van der Waals surface area contributed by atoms with E-state index in [1.165, 1.54) is 0 Å². The van der Waals surface area contributed by atoms with Gasteiger partial charge in [0, 0.05) is 75.4 Å². The van der Waals surface area contributed by atoms with E-state index in [1.54, 1.807) is 11.0 Å². The van der Waals surface area contributed by atoms with E-state index in [0.717, 1.165) is 24.3 Å². The number of nitrogens with zero attached hydrogens (tertiary/aromatic N) is 4. The molecule has 244 valence electrons. The third-order valence-electron chi connectivity index (χ3n) is 9.06. The Balaban J connectivity index is 1.28. The van der Waals surface area contributed by atoms with Crippen LogP contribution in [-0.2, 0) is 14.3 Å². The molecule has 9 nitrogen and oxygen atoms in total. The van der Waals surface area contributed by atoms with Gasteiger partial charge in [0.2, 0.25) is 5.91 Å². The van der Waals surface area contributed by atoms with E-state index in [2.05, 4.69) is 4.90 Å². The normalized spacial score (nSPS) is 21.4. The average molecular weight is 660 g/mol.